The highest BCUT2D eigenvalue weighted by atomic mass is 16.5. The number of carbonyl (C=O) groups excluding carboxylic acids is 2. The van der Waals surface area contributed by atoms with Crippen LogP contribution in [0.4, 0.5) is 0 Å². The first-order valence-electron chi connectivity index (χ1n) is 11.8. The lowest BCUT2D eigenvalue weighted by Gasteiger charge is -2.31. The molecule has 6 nitrogen and oxygen atoms in total. The molecule has 174 valence electrons. The van der Waals surface area contributed by atoms with E-state index in [4.69, 9.17) is 4.74 Å². The van der Waals surface area contributed by atoms with E-state index in [9.17, 15) is 9.59 Å². The van der Waals surface area contributed by atoms with Crippen LogP contribution in [0, 0.1) is 5.92 Å². The first-order chi connectivity index (χ1) is 16.0. The Morgan fingerprint density at radius 1 is 1.12 bits per heavy atom. The summed E-state index contributed by atoms with van der Waals surface area (Å²) in [7, 11) is 1.63. The van der Waals surface area contributed by atoms with Crippen molar-refractivity contribution in [2.45, 2.75) is 45.1 Å². The van der Waals surface area contributed by atoms with Gasteiger partial charge in [-0.25, -0.2) is 0 Å². The fraction of sp³-hybridized carbons (Fsp3) is 0.407. The topological polar surface area (TPSA) is 74.4 Å². The SMILES string of the molecule is COc1ccc2cc(C(=O)N3CCC(CC(=O)N[C@H](C)CCc4ccccc4)CC3)[nH]c2c1. The quantitative estimate of drug-likeness (QED) is 0.532. The minimum atomic E-state index is 0.0163. The van der Waals surface area contributed by atoms with Crippen molar-refractivity contribution in [2.24, 2.45) is 5.92 Å². The number of fused-ring (bicyclic) bond motifs is 1. The summed E-state index contributed by atoms with van der Waals surface area (Å²) in [5.74, 6) is 1.21. The average molecular weight is 448 g/mol. The zero-order valence-electron chi connectivity index (χ0n) is 19.5. The second-order valence-corrected chi connectivity index (χ2v) is 9.07. The van der Waals surface area contributed by atoms with Gasteiger partial charge >= 0.3 is 0 Å². The molecule has 3 aromatic rings. The number of hydrogen-bond donors (Lipinski definition) is 2. The Kier molecular flexibility index (Phi) is 7.33. The molecular formula is C27H33N3O3. The van der Waals surface area contributed by atoms with Crippen molar-refractivity contribution >= 4 is 22.7 Å². The number of piperidine rings is 1. The molecule has 0 unspecified atom stereocenters. The van der Waals surface area contributed by atoms with Gasteiger partial charge in [-0.15, -0.1) is 0 Å². The van der Waals surface area contributed by atoms with E-state index in [-0.39, 0.29) is 17.9 Å². The van der Waals surface area contributed by atoms with Gasteiger partial charge in [0.05, 0.1) is 7.11 Å². The Hall–Kier alpha value is -3.28. The molecule has 1 aromatic heterocycles. The third-order valence-electron chi connectivity index (χ3n) is 6.55. The Bertz CT molecular complexity index is 1080. The molecule has 2 amide bonds. The zero-order chi connectivity index (χ0) is 23.2. The highest BCUT2D eigenvalue weighted by Crippen LogP contribution is 2.25. The van der Waals surface area contributed by atoms with Crippen LogP contribution in [0.3, 0.4) is 0 Å². The number of aromatic amines is 1. The summed E-state index contributed by atoms with van der Waals surface area (Å²) in [6.07, 6.45) is 4.13. The highest BCUT2D eigenvalue weighted by Gasteiger charge is 2.26. The van der Waals surface area contributed by atoms with Crippen LogP contribution < -0.4 is 10.1 Å². The van der Waals surface area contributed by atoms with Gasteiger partial charge in [-0.3, -0.25) is 9.59 Å². The second kappa shape index (κ2) is 10.6. The van der Waals surface area contributed by atoms with Gasteiger partial charge in [-0.05, 0) is 62.3 Å². The molecular weight excluding hydrogens is 414 g/mol. The summed E-state index contributed by atoms with van der Waals surface area (Å²) in [6, 6.07) is 18.1. The average Bonchev–Trinajstić information content (AvgIpc) is 3.26. The predicted octanol–water partition coefficient (Wildman–Crippen LogP) is 4.56. The Morgan fingerprint density at radius 2 is 1.88 bits per heavy atom. The molecule has 0 spiro atoms. The van der Waals surface area contributed by atoms with E-state index in [0.717, 1.165) is 42.3 Å². The maximum Gasteiger partial charge on any atom is 0.270 e. The molecule has 1 atom stereocenters. The van der Waals surface area contributed by atoms with Crippen LogP contribution in [0.25, 0.3) is 10.9 Å². The number of benzene rings is 2. The number of ether oxygens (including phenoxy) is 1. The molecule has 4 rings (SSSR count). The predicted molar refractivity (Wildman–Crippen MR) is 130 cm³/mol. The molecule has 0 bridgehead atoms. The van der Waals surface area contributed by atoms with Crippen LogP contribution in [-0.2, 0) is 11.2 Å². The third-order valence-corrected chi connectivity index (χ3v) is 6.55. The van der Waals surface area contributed by atoms with E-state index in [2.05, 4.69) is 29.4 Å². The first-order valence-corrected chi connectivity index (χ1v) is 11.8. The number of amides is 2. The van der Waals surface area contributed by atoms with E-state index in [1.807, 2.05) is 47.4 Å². The molecule has 1 aliphatic rings. The van der Waals surface area contributed by atoms with Gasteiger partial charge in [-0.1, -0.05) is 30.3 Å². The van der Waals surface area contributed by atoms with Gasteiger partial charge in [0.25, 0.3) is 5.91 Å². The Balaban J connectivity index is 1.22. The molecule has 1 fully saturated rings. The third kappa shape index (κ3) is 5.95. The number of nitrogens with one attached hydrogen (secondary N) is 2. The summed E-state index contributed by atoms with van der Waals surface area (Å²) in [5.41, 5.74) is 2.79. The lowest BCUT2D eigenvalue weighted by molar-refractivity contribution is -0.122. The van der Waals surface area contributed by atoms with Gasteiger partial charge in [0.1, 0.15) is 11.4 Å². The Labute approximate surface area is 195 Å². The van der Waals surface area contributed by atoms with Crippen LogP contribution in [-0.4, -0.2) is 47.9 Å². The van der Waals surface area contributed by atoms with Crippen molar-refractivity contribution in [3.05, 3.63) is 65.9 Å². The molecule has 1 saturated heterocycles. The molecule has 2 N–H and O–H groups in total. The molecule has 33 heavy (non-hydrogen) atoms. The zero-order valence-corrected chi connectivity index (χ0v) is 19.5. The van der Waals surface area contributed by atoms with Crippen LogP contribution in [0.1, 0.15) is 48.7 Å². The van der Waals surface area contributed by atoms with Crippen molar-refractivity contribution in [2.75, 3.05) is 20.2 Å². The van der Waals surface area contributed by atoms with Crippen LogP contribution in [0.5, 0.6) is 5.75 Å². The fourth-order valence-electron chi connectivity index (χ4n) is 4.55. The van der Waals surface area contributed by atoms with Crippen molar-refractivity contribution in [1.29, 1.82) is 0 Å². The van der Waals surface area contributed by atoms with Crippen LogP contribution in [0.15, 0.2) is 54.6 Å². The smallest absolute Gasteiger partial charge is 0.270 e. The molecule has 2 aromatic carbocycles. The van der Waals surface area contributed by atoms with Crippen molar-refractivity contribution < 1.29 is 14.3 Å². The maximum atomic E-state index is 13.0. The largest absolute Gasteiger partial charge is 0.497 e. The lowest BCUT2D eigenvalue weighted by Crippen LogP contribution is -2.40. The van der Waals surface area contributed by atoms with Crippen molar-refractivity contribution in [3.8, 4) is 5.75 Å². The summed E-state index contributed by atoms with van der Waals surface area (Å²) in [5, 5.41) is 4.14. The summed E-state index contributed by atoms with van der Waals surface area (Å²) < 4.78 is 5.26. The number of nitrogens with zero attached hydrogens (tertiary/aromatic N) is 1. The number of hydrogen-bond acceptors (Lipinski definition) is 3. The van der Waals surface area contributed by atoms with E-state index in [1.165, 1.54) is 5.56 Å². The molecule has 1 aliphatic heterocycles. The van der Waals surface area contributed by atoms with E-state index in [1.54, 1.807) is 7.11 Å². The summed E-state index contributed by atoms with van der Waals surface area (Å²) >= 11 is 0. The minimum Gasteiger partial charge on any atom is -0.497 e. The number of carbonyl (C=O) groups is 2. The van der Waals surface area contributed by atoms with Crippen LogP contribution >= 0.6 is 0 Å². The van der Waals surface area contributed by atoms with Gasteiger partial charge in [0.15, 0.2) is 0 Å². The summed E-state index contributed by atoms with van der Waals surface area (Å²) in [6.45, 7) is 3.43. The lowest BCUT2D eigenvalue weighted by atomic mass is 9.93. The van der Waals surface area contributed by atoms with Crippen molar-refractivity contribution in [1.82, 2.24) is 15.2 Å². The van der Waals surface area contributed by atoms with E-state index < -0.39 is 0 Å². The molecule has 0 saturated carbocycles. The molecule has 2 heterocycles. The normalized spacial score (nSPS) is 15.4. The van der Waals surface area contributed by atoms with Gasteiger partial charge in [0, 0.05) is 42.5 Å². The van der Waals surface area contributed by atoms with Gasteiger partial charge in [0.2, 0.25) is 5.91 Å². The standard InChI is InChI=1S/C27H33N3O3/c1-19(8-9-20-6-4-3-5-7-20)28-26(31)16-21-12-14-30(15-13-21)27(32)25-17-22-10-11-23(33-2)18-24(22)29-25/h3-7,10-11,17-19,21,29H,8-9,12-16H2,1-2H3,(H,28,31)/t19-/m1/s1. The van der Waals surface area contributed by atoms with Gasteiger partial charge in [-0.2, -0.15) is 0 Å². The molecule has 0 radical (unpaired) electrons. The number of rotatable bonds is 8. The fourth-order valence-corrected chi connectivity index (χ4v) is 4.55. The van der Waals surface area contributed by atoms with Gasteiger partial charge < -0.3 is 19.9 Å². The Morgan fingerprint density at radius 3 is 2.61 bits per heavy atom. The highest BCUT2D eigenvalue weighted by molar-refractivity contribution is 5.98. The number of H-pyrrole nitrogens is 1. The minimum absolute atomic E-state index is 0.0163. The second-order valence-electron chi connectivity index (χ2n) is 9.07. The maximum absolute atomic E-state index is 13.0. The van der Waals surface area contributed by atoms with Crippen molar-refractivity contribution in [3.63, 3.8) is 0 Å². The number of aromatic nitrogens is 1. The number of methoxy groups -OCH3 is 1. The molecule has 0 aliphatic carbocycles. The first kappa shape index (κ1) is 22.9. The van der Waals surface area contributed by atoms with E-state index >= 15 is 0 Å². The monoisotopic (exact) mass is 447 g/mol. The van der Waals surface area contributed by atoms with Crippen LogP contribution in [0.2, 0.25) is 0 Å². The number of likely N-dealkylation sites (tertiary alicyclic amines) is 1. The summed E-state index contributed by atoms with van der Waals surface area (Å²) in [4.78, 5) is 30.6. The van der Waals surface area contributed by atoms with E-state index in [0.29, 0.717) is 31.1 Å². The number of aryl methyl sites for hydroxylation is 1. The molecule has 6 heteroatoms.